The Balaban J connectivity index is 2.13. The van der Waals surface area contributed by atoms with E-state index in [9.17, 15) is 9.90 Å². The zero-order chi connectivity index (χ0) is 23.2. The lowest BCUT2D eigenvalue weighted by molar-refractivity contribution is -0.160. The summed E-state index contributed by atoms with van der Waals surface area (Å²) in [6.45, 7) is 9.55. The summed E-state index contributed by atoms with van der Waals surface area (Å²) in [6, 6.07) is 6.08. The molecule has 0 unspecified atom stereocenters. The van der Waals surface area contributed by atoms with Crippen LogP contribution >= 0.6 is 11.3 Å². The fourth-order valence-corrected chi connectivity index (χ4v) is 5.93. The standard InChI is InChI=1S/C26H31NO4S/c1-14-11-12-16(18(13-14)30-6)21-20(23(25(28)29)31-26(3,4)5)15(2)27-24-22(21)17-9-7-8-10-19(17)32-24/h11-13,23H,7-10H2,1-6H3,(H,28,29)/t23-/m0/s1. The summed E-state index contributed by atoms with van der Waals surface area (Å²) in [5, 5.41) is 11.3. The van der Waals surface area contributed by atoms with Crippen LogP contribution < -0.4 is 4.74 Å². The van der Waals surface area contributed by atoms with Crippen LogP contribution in [-0.4, -0.2) is 28.8 Å². The van der Waals surface area contributed by atoms with Gasteiger partial charge in [0.25, 0.3) is 0 Å². The third kappa shape index (κ3) is 4.14. The second kappa shape index (κ2) is 8.49. The van der Waals surface area contributed by atoms with Crippen LogP contribution in [0.15, 0.2) is 18.2 Å². The number of fused-ring (bicyclic) bond motifs is 3. The first kappa shape index (κ1) is 22.7. The number of hydrogen-bond acceptors (Lipinski definition) is 5. The molecule has 0 amide bonds. The predicted octanol–water partition coefficient (Wildman–Crippen LogP) is 6.41. The fourth-order valence-electron chi connectivity index (χ4n) is 4.61. The van der Waals surface area contributed by atoms with E-state index in [1.165, 1.54) is 16.9 Å². The van der Waals surface area contributed by atoms with Gasteiger partial charge in [0.2, 0.25) is 0 Å². The molecule has 1 atom stereocenters. The zero-order valence-electron chi connectivity index (χ0n) is 19.7. The molecule has 32 heavy (non-hydrogen) atoms. The fraction of sp³-hybridized carbons (Fsp3) is 0.462. The molecule has 0 bridgehead atoms. The van der Waals surface area contributed by atoms with Crippen LogP contribution in [0, 0.1) is 13.8 Å². The van der Waals surface area contributed by atoms with Gasteiger partial charge in [-0.25, -0.2) is 9.78 Å². The van der Waals surface area contributed by atoms with E-state index in [-0.39, 0.29) is 0 Å². The minimum atomic E-state index is -1.13. The first-order chi connectivity index (χ1) is 15.1. The molecule has 0 saturated heterocycles. The average molecular weight is 454 g/mol. The molecule has 0 saturated carbocycles. The quantitative estimate of drug-likeness (QED) is 0.483. The number of nitrogens with zero attached hydrogens (tertiary/aromatic N) is 1. The van der Waals surface area contributed by atoms with Crippen LogP contribution in [0.4, 0.5) is 0 Å². The van der Waals surface area contributed by atoms with E-state index in [1.807, 2.05) is 52.8 Å². The second-order valence-electron chi connectivity index (χ2n) is 9.53. The molecule has 1 N–H and O–H groups in total. The predicted molar refractivity (Wildman–Crippen MR) is 129 cm³/mol. The highest BCUT2D eigenvalue weighted by Crippen LogP contribution is 2.47. The molecule has 4 rings (SSSR count). The number of aromatic nitrogens is 1. The highest BCUT2D eigenvalue weighted by Gasteiger charge is 2.34. The van der Waals surface area contributed by atoms with Crippen molar-refractivity contribution in [1.82, 2.24) is 4.98 Å². The summed E-state index contributed by atoms with van der Waals surface area (Å²) in [4.78, 5) is 19.7. The Bertz CT molecular complexity index is 1190. The van der Waals surface area contributed by atoms with Gasteiger partial charge in [-0.05, 0) is 77.5 Å². The first-order valence-corrected chi connectivity index (χ1v) is 11.9. The van der Waals surface area contributed by atoms with Crippen LogP contribution in [0.1, 0.15) is 67.0 Å². The summed E-state index contributed by atoms with van der Waals surface area (Å²) < 4.78 is 11.9. The smallest absolute Gasteiger partial charge is 0.337 e. The van der Waals surface area contributed by atoms with Crippen molar-refractivity contribution in [2.75, 3.05) is 7.11 Å². The minimum Gasteiger partial charge on any atom is -0.496 e. The van der Waals surface area contributed by atoms with E-state index in [2.05, 4.69) is 0 Å². The van der Waals surface area contributed by atoms with Crippen LogP contribution in [0.25, 0.3) is 21.3 Å². The van der Waals surface area contributed by atoms with Crippen molar-refractivity contribution >= 4 is 27.5 Å². The highest BCUT2D eigenvalue weighted by molar-refractivity contribution is 7.19. The number of pyridine rings is 1. The van der Waals surface area contributed by atoms with Crippen LogP contribution in [0.3, 0.4) is 0 Å². The number of benzene rings is 1. The number of aryl methyl sites for hydroxylation is 4. The lowest BCUT2D eigenvalue weighted by atomic mass is 9.87. The van der Waals surface area contributed by atoms with Crippen molar-refractivity contribution in [3.05, 3.63) is 45.5 Å². The topological polar surface area (TPSA) is 68.7 Å². The van der Waals surface area contributed by atoms with Crippen molar-refractivity contribution in [2.45, 2.75) is 72.0 Å². The largest absolute Gasteiger partial charge is 0.496 e. The number of carboxylic acid groups (broad SMARTS) is 1. The van der Waals surface area contributed by atoms with Crippen LogP contribution in [0.2, 0.25) is 0 Å². The molecule has 6 heteroatoms. The maximum atomic E-state index is 12.5. The monoisotopic (exact) mass is 453 g/mol. The van der Waals surface area contributed by atoms with E-state index in [0.29, 0.717) is 11.3 Å². The molecular weight excluding hydrogens is 422 g/mol. The Hall–Kier alpha value is -2.44. The number of thiophene rings is 1. The van der Waals surface area contributed by atoms with Gasteiger partial charge in [-0.15, -0.1) is 11.3 Å². The number of carbonyl (C=O) groups is 1. The average Bonchev–Trinajstić information content (AvgIpc) is 3.08. The third-order valence-electron chi connectivity index (χ3n) is 5.92. The summed E-state index contributed by atoms with van der Waals surface area (Å²) >= 11 is 1.74. The van der Waals surface area contributed by atoms with Gasteiger partial charge >= 0.3 is 5.97 Å². The second-order valence-corrected chi connectivity index (χ2v) is 10.6. The minimum absolute atomic E-state index is 0.619. The zero-order valence-corrected chi connectivity index (χ0v) is 20.5. The summed E-state index contributed by atoms with van der Waals surface area (Å²) in [5.41, 5.74) is 4.84. The number of methoxy groups -OCH3 is 1. The maximum Gasteiger partial charge on any atom is 0.337 e. The highest BCUT2D eigenvalue weighted by atomic mass is 32.1. The van der Waals surface area contributed by atoms with E-state index in [1.54, 1.807) is 18.4 Å². The van der Waals surface area contributed by atoms with Gasteiger partial charge in [-0.1, -0.05) is 12.1 Å². The Morgan fingerprint density at radius 2 is 1.91 bits per heavy atom. The molecule has 2 heterocycles. The van der Waals surface area contributed by atoms with Crippen LogP contribution in [-0.2, 0) is 22.4 Å². The summed E-state index contributed by atoms with van der Waals surface area (Å²) in [5.74, 6) is -0.283. The Kier molecular flexibility index (Phi) is 6.03. The van der Waals surface area contributed by atoms with Gasteiger partial charge in [0.1, 0.15) is 10.6 Å². The third-order valence-corrected chi connectivity index (χ3v) is 7.10. The summed E-state index contributed by atoms with van der Waals surface area (Å²) in [7, 11) is 1.66. The maximum absolute atomic E-state index is 12.5. The Labute approximate surface area is 193 Å². The summed E-state index contributed by atoms with van der Waals surface area (Å²) in [6.07, 6.45) is 3.22. The van der Waals surface area contributed by atoms with E-state index < -0.39 is 17.7 Å². The Morgan fingerprint density at radius 1 is 1.19 bits per heavy atom. The van der Waals surface area contributed by atoms with Gasteiger partial charge in [0, 0.05) is 32.6 Å². The molecule has 3 aromatic rings. The van der Waals surface area contributed by atoms with Crippen molar-refractivity contribution < 1.29 is 19.4 Å². The number of aliphatic carboxylic acids is 1. The SMILES string of the molecule is COc1cc(C)ccc1-c1c([C@H](OC(C)(C)C)C(=O)O)c(C)nc2sc3c(c12)CCCC3. The molecule has 1 aliphatic rings. The normalized spacial score (nSPS) is 14.9. The molecule has 0 spiro atoms. The van der Waals surface area contributed by atoms with Crippen LogP contribution in [0.5, 0.6) is 5.75 Å². The van der Waals surface area contributed by atoms with Gasteiger partial charge in [0.15, 0.2) is 6.10 Å². The van der Waals surface area contributed by atoms with E-state index >= 15 is 0 Å². The Morgan fingerprint density at radius 3 is 2.56 bits per heavy atom. The molecule has 1 aliphatic carbocycles. The molecule has 0 radical (unpaired) electrons. The number of rotatable bonds is 5. The number of carboxylic acids is 1. The molecule has 0 fully saturated rings. The first-order valence-electron chi connectivity index (χ1n) is 11.1. The lowest BCUT2D eigenvalue weighted by Gasteiger charge is -2.28. The van der Waals surface area contributed by atoms with Crippen molar-refractivity contribution in [1.29, 1.82) is 0 Å². The van der Waals surface area contributed by atoms with Gasteiger partial charge in [-0.3, -0.25) is 0 Å². The molecule has 2 aromatic heterocycles. The number of ether oxygens (including phenoxy) is 2. The molecular formula is C26H31NO4S. The van der Waals surface area contributed by atoms with E-state index in [0.717, 1.165) is 51.9 Å². The van der Waals surface area contributed by atoms with Gasteiger partial charge < -0.3 is 14.6 Å². The van der Waals surface area contributed by atoms with Crippen molar-refractivity contribution in [3.63, 3.8) is 0 Å². The molecule has 1 aromatic carbocycles. The van der Waals surface area contributed by atoms with Crippen molar-refractivity contribution in [3.8, 4) is 16.9 Å². The van der Waals surface area contributed by atoms with Gasteiger partial charge in [-0.2, -0.15) is 0 Å². The van der Waals surface area contributed by atoms with Crippen molar-refractivity contribution in [2.24, 2.45) is 0 Å². The van der Waals surface area contributed by atoms with E-state index in [4.69, 9.17) is 14.5 Å². The molecule has 170 valence electrons. The van der Waals surface area contributed by atoms with Gasteiger partial charge in [0.05, 0.1) is 12.7 Å². The molecule has 5 nitrogen and oxygen atoms in total. The number of hydrogen-bond donors (Lipinski definition) is 1. The molecule has 0 aliphatic heterocycles. The lowest BCUT2D eigenvalue weighted by Crippen LogP contribution is -2.28.